The van der Waals surface area contributed by atoms with Gasteiger partial charge in [-0.05, 0) is 109 Å². The predicted molar refractivity (Wildman–Crippen MR) is 485 cm³/mol. The van der Waals surface area contributed by atoms with Gasteiger partial charge in [0.25, 0.3) is 0 Å². The Kier molecular flexibility index (Phi) is 47.8. The molecule has 0 bridgehead atoms. The minimum atomic E-state index is -1.94. The van der Waals surface area contributed by atoms with Gasteiger partial charge in [-0.2, -0.15) is 0 Å². The lowest BCUT2D eigenvalue weighted by Crippen LogP contribution is -2.62. The number of ether oxygens (including phenoxy) is 1. The molecule has 0 heterocycles. The van der Waals surface area contributed by atoms with Crippen molar-refractivity contribution < 1.29 is 111 Å². The van der Waals surface area contributed by atoms with Crippen molar-refractivity contribution >= 4 is 119 Å². The fraction of sp³-hybridized carbons (Fsp3) is 0.523. The second-order valence-corrected chi connectivity index (χ2v) is 32.9. The van der Waals surface area contributed by atoms with Gasteiger partial charge in [0.1, 0.15) is 85.2 Å². The number of carbonyl (C=O) groups excluding carboxylic acids is 16. The molecule has 0 saturated carbocycles. The lowest BCUT2D eigenvalue weighted by atomic mass is 9.95. The number of amides is 16. The molecule has 14 atom stereocenters. The van der Waals surface area contributed by atoms with Gasteiger partial charge in [-0.3, -0.25) is 87.5 Å². The fourth-order valence-corrected chi connectivity index (χ4v) is 13.9. The van der Waals surface area contributed by atoms with Gasteiger partial charge in [-0.25, -0.2) is 9.59 Å². The van der Waals surface area contributed by atoms with Crippen LogP contribution in [-0.2, 0) is 92.7 Å². The average molecular weight is 1860 g/mol. The molecule has 1 aliphatic rings. The van der Waals surface area contributed by atoms with E-state index in [1.165, 1.54) is 26.0 Å². The number of aliphatic hydroxyl groups excluding tert-OH is 2. The van der Waals surface area contributed by atoms with Crippen LogP contribution in [0, 0.1) is 34.5 Å². The molecular weight excluding hydrogens is 1730 g/mol. The van der Waals surface area contributed by atoms with E-state index in [2.05, 4.69) is 104 Å². The quantitative estimate of drug-likeness (QED) is 0.0113. The molecule has 4 rings (SSSR count). The maximum Gasteiger partial charge on any atom is 0.407 e. The van der Waals surface area contributed by atoms with E-state index in [-0.39, 0.29) is 95.3 Å². The SMILES string of the molecule is C=CC[C@H](NC(=O)[C@H](CO)NC(=O)CNC(=O)[C@H](CCC(=O)O)NC(=O)[C@H](NC(=O)[C@@H](CO)NC(=O)[C@@H](CCCNC(=N)N)NC(=O)[C@@H](CC=C)NC(=O)[C@@H](CCC(N)=O)NC(=O)[C@H](NC(=O)[C@H](NC(=O)[C@@H](CCCNC(=N)N)NC(=O)[C@@H](CC(C)C)NC(=O)OCC1c2ccccc2-c2ccccc21)C(C)CC)C(C)C)C(C)C)C(=O)NCC(=O)N[C@@H](Cc1ccccc1)C(=O)O. The highest BCUT2D eigenvalue weighted by Gasteiger charge is 2.40. The predicted octanol–water partition coefficient (Wildman–Crippen LogP) is -3.53. The summed E-state index contributed by atoms with van der Waals surface area (Å²) in [6.45, 7) is 16.1. The summed E-state index contributed by atoms with van der Waals surface area (Å²) in [5.41, 5.74) is 21.1. The average Bonchev–Trinajstić information content (AvgIpc) is 1.61. The molecule has 133 heavy (non-hydrogen) atoms. The van der Waals surface area contributed by atoms with Crippen molar-refractivity contribution in [1.82, 2.24) is 90.4 Å². The molecule has 0 radical (unpaired) electrons. The van der Waals surface area contributed by atoms with Gasteiger partial charge in [0.2, 0.25) is 88.6 Å². The number of hydrogen-bond acceptors (Lipinski definition) is 23. The number of primary amides is 1. The Hall–Kier alpha value is -14.1. The van der Waals surface area contributed by atoms with E-state index >= 15 is 0 Å². The normalized spacial score (nSPS) is 14.5. The van der Waals surface area contributed by atoms with Crippen LogP contribution in [-0.4, -0.2) is 264 Å². The van der Waals surface area contributed by atoms with Gasteiger partial charge in [0.15, 0.2) is 11.9 Å². The summed E-state index contributed by atoms with van der Waals surface area (Å²) < 4.78 is 5.79. The molecule has 730 valence electrons. The van der Waals surface area contributed by atoms with E-state index in [0.29, 0.717) is 5.56 Å². The van der Waals surface area contributed by atoms with E-state index in [4.69, 9.17) is 32.8 Å². The number of aliphatic hydroxyl groups is 2. The van der Waals surface area contributed by atoms with Crippen molar-refractivity contribution in [2.24, 2.45) is 40.9 Å². The van der Waals surface area contributed by atoms with Crippen LogP contribution < -0.4 is 108 Å². The molecule has 0 saturated heterocycles. The number of guanidine groups is 2. The minimum Gasteiger partial charge on any atom is -0.481 e. The summed E-state index contributed by atoms with van der Waals surface area (Å²) in [5.74, 6) is -21.9. The molecule has 3 aromatic rings. The summed E-state index contributed by atoms with van der Waals surface area (Å²) in [6, 6.07) is 3.30. The lowest BCUT2D eigenvalue weighted by molar-refractivity contribution is -0.142. The zero-order valence-corrected chi connectivity index (χ0v) is 75.9. The summed E-state index contributed by atoms with van der Waals surface area (Å²) in [6.07, 6.45) is -1.55. The summed E-state index contributed by atoms with van der Waals surface area (Å²) >= 11 is 0. The molecule has 16 amide bonds. The third-order valence-corrected chi connectivity index (χ3v) is 21.3. The Balaban J connectivity index is 1.48. The third-order valence-electron chi connectivity index (χ3n) is 21.3. The van der Waals surface area contributed by atoms with Crippen molar-refractivity contribution in [3.05, 3.63) is 121 Å². The number of aliphatic carboxylic acids is 2. The molecule has 0 fully saturated rings. The van der Waals surface area contributed by atoms with E-state index in [9.17, 15) is 107 Å². The Labute approximate surface area is 770 Å². The smallest absolute Gasteiger partial charge is 0.407 e. The molecule has 1 unspecified atom stereocenters. The molecule has 0 aliphatic heterocycles. The number of nitrogens with two attached hydrogens (primary N) is 3. The van der Waals surface area contributed by atoms with E-state index in [1.54, 1.807) is 58.0 Å². The number of nitrogens with one attached hydrogen (secondary N) is 19. The lowest BCUT2D eigenvalue weighted by Gasteiger charge is -2.31. The topological polar surface area (TPSA) is 728 Å². The van der Waals surface area contributed by atoms with Crippen LogP contribution in [0.5, 0.6) is 0 Å². The van der Waals surface area contributed by atoms with Gasteiger partial charge >= 0.3 is 18.0 Å². The zero-order chi connectivity index (χ0) is 99.3. The number of alkyl carbamates (subject to hydrolysis) is 1. The van der Waals surface area contributed by atoms with Gasteiger partial charge < -0.3 is 133 Å². The van der Waals surface area contributed by atoms with Crippen molar-refractivity contribution in [2.45, 2.75) is 223 Å². The van der Waals surface area contributed by atoms with Crippen LogP contribution in [0.3, 0.4) is 0 Å². The fourth-order valence-electron chi connectivity index (χ4n) is 13.9. The zero-order valence-electron chi connectivity index (χ0n) is 75.9. The largest absolute Gasteiger partial charge is 0.481 e. The van der Waals surface area contributed by atoms with Crippen molar-refractivity contribution in [1.29, 1.82) is 10.8 Å². The monoisotopic (exact) mass is 1860 g/mol. The maximum absolute atomic E-state index is 14.7. The molecule has 45 nitrogen and oxygen atoms in total. The Morgan fingerprint density at radius 1 is 0.421 bits per heavy atom. The van der Waals surface area contributed by atoms with Crippen LogP contribution in [0.15, 0.2) is 104 Å². The Morgan fingerprint density at radius 3 is 1.24 bits per heavy atom. The van der Waals surface area contributed by atoms with E-state index in [1.807, 2.05) is 62.4 Å². The second kappa shape index (κ2) is 57.1. The van der Waals surface area contributed by atoms with Crippen molar-refractivity contribution in [2.75, 3.05) is 46.0 Å². The van der Waals surface area contributed by atoms with Gasteiger partial charge in [0.05, 0.1) is 26.3 Å². The Bertz CT molecular complexity index is 4530. The van der Waals surface area contributed by atoms with Gasteiger partial charge in [0, 0.05) is 38.3 Å². The van der Waals surface area contributed by atoms with Crippen molar-refractivity contribution in [3.8, 4) is 11.1 Å². The van der Waals surface area contributed by atoms with Crippen LogP contribution in [0.25, 0.3) is 11.1 Å². The maximum atomic E-state index is 14.7. The number of carbonyl (C=O) groups is 18. The number of carboxylic acid groups (broad SMARTS) is 2. The first-order chi connectivity index (χ1) is 63.0. The van der Waals surface area contributed by atoms with Crippen LogP contribution in [0.4, 0.5) is 4.79 Å². The molecule has 45 heteroatoms. The number of carboxylic acids is 2. The number of benzene rings is 3. The number of fused-ring (bicyclic) bond motifs is 3. The highest BCUT2D eigenvalue weighted by molar-refractivity contribution is 6.01. The Morgan fingerprint density at radius 2 is 0.789 bits per heavy atom. The molecule has 1 aliphatic carbocycles. The molecular formula is C88H130N22O23. The van der Waals surface area contributed by atoms with Crippen LogP contribution >= 0.6 is 0 Å². The first-order valence-corrected chi connectivity index (χ1v) is 43.6. The first kappa shape index (κ1) is 111. The molecule has 3 aromatic carbocycles. The third kappa shape index (κ3) is 38.4. The van der Waals surface area contributed by atoms with Gasteiger partial charge in [-0.15, -0.1) is 13.2 Å². The molecule has 29 N–H and O–H groups in total. The molecule has 0 spiro atoms. The summed E-state index contributed by atoms with van der Waals surface area (Å²) in [4.78, 5) is 246. The van der Waals surface area contributed by atoms with Crippen LogP contribution in [0.1, 0.15) is 155 Å². The second-order valence-electron chi connectivity index (χ2n) is 32.9. The molecule has 0 aromatic heterocycles. The van der Waals surface area contributed by atoms with E-state index < -0.39 is 261 Å². The van der Waals surface area contributed by atoms with Crippen molar-refractivity contribution in [3.63, 3.8) is 0 Å². The van der Waals surface area contributed by atoms with Gasteiger partial charge in [-0.1, -0.05) is 153 Å². The summed E-state index contributed by atoms with van der Waals surface area (Å²) in [5, 5.41) is 97.0. The number of hydrogen-bond donors (Lipinski definition) is 26. The number of rotatable bonds is 60. The minimum absolute atomic E-state index is 0.0456. The standard InChI is InChI=1S/C88H130N22O23/c1-11-23-56(73(118)96-41-67(114)98-63(85(130)131)40-50-25-15-14-16-26-50)100-80(125)64(43-111)99-68(115)42-97-74(119)60(34-36-69(116)117)104-82(127)70(47(6)7)108-81(126)65(44-112)106-76(121)58(31-21-37-94-86(90)91)102-75(120)57(24-12-2)101-77(122)61(33-35-66(89)113)105-83(128)71(48(8)9)109-84(129)72(49(10)13-3)110-78(123)59(32-22-38-95-87(92)93)103-79(124)62(39-46(4)5)107-88(132)133-45-55-53-29-19-17-27-51(53)52-28-18-20-30-54(52)55/h11-12,14-20,25-30,46-49,55-65,70-72,111-112H,1-2,13,21-24,31-45H2,3-10H3,(H2,89,113)(H,96,118)(H,97,119)(H,98,114)(H,99,115)(H,100,125)(H,101,122)(H,102,120)(H,103,124)(H,104,127)(H,105,128)(H,106,121)(H,107,132)(H,108,126)(H,109,129)(H,110,123)(H,116,117)(H,130,131)(H4,90,91,94)(H4,92,93,95)/t49?,56-,57+,58+,59+,60-,61+,62+,63-,64-,65+,70+,71+,72+/m0/s1. The highest BCUT2D eigenvalue weighted by Crippen LogP contribution is 2.44. The first-order valence-electron chi connectivity index (χ1n) is 43.6. The van der Waals surface area contributed by atoms with Crippen LogP contribution in [0.2, 0.25) is 0 Å². The van der Waals surface area contributed by atoms with E-state index in [0.717, 1.165) is 22.3 Å². The highest BCUT2D eigenvalue weighted by atomic mass is 16.5. The summed E-state index contributed by atoms with van der Waals surface area (Å²) in [7, 11) is 0.